The minimum atomic E-state index is 0.0815. The molecule has 0 saturated heterocycles. The lowest BCUT2D eigenvalue weighted by atomic mass is 9.88. The number of nitrogens with zero attached hydrogens (tertiary/aromatic N) is 2. The lowest BCUT2D eigenvalue weighted by molar-refractivity contribution is 0.572. The third-order valence-corrected chi connectivity index (χ3v) is 3.89. The summed E-state index contributed by atoms with van der Waals surface area (Å²) in [6, 6.07) is 8.41. The minimum Gasteiger partial charge on any atom is -0.0796 e. The van der Waals surface area contributed by atoms with Crippen LogP contribution in [0.3, 0.4) is 0 Å². The van der Waals surface area contributed by atoms with Crippen molar-refractivity contribution in [1.29, 1.82) is 5.53 Å². The molecule has 0 aliphatic heterocycles. The number of fused-ring (bicyclic) bond motifs is 1. The second-order valence-electron chi connectivity index (χ2n) is 3.41. The van der Waals surface area contributed by atoms with Crippen LogP contribution in [0.5, 0.6) is 0 Å². The summed E-state index contributed by atoms with van der Waals surface area (Å²) >= 11 is 2.40. The Morgan fingerprint density at radius 2 is 2.21 bits per heavy atom. The number of rotatable bonds is 1. The van der Waals surface area contributed by atoms with Crippen LogP contribution in [0.2, 0.25) is 0 Å². The maximum absolute atomic E-state index is 6.83. The lowest BCUT2D eigenvalue weighted by Crippen LogP contribution is -2.18. The summed E-state index contributed by atoms with van der Waals surface area (Å²) < 4.78 is 0.469. The van der Waals surface area contributed by atoms with Crippen molar-refractivity contribution in [2.45, 2.75) is 22.8 Å². The Balaban J connectivity index is 2.45. The Hall–Kier alpha value is -0.740. The van der Waals surface area contributed by atoms with Gasteiger partial charge in [-0.2, -0.15) is 0 Å². The highest BCUT2D eigenvalue weighted by Gasteiger charge is 2.30. The van der Waals surface area contributed by atoms with Gasteiger partial charge in [-0.1, -0.05) is 46.9 Å². The Kier molecular flexibility index (Phi) is 2.93. The van der Waals surface area contributed by atoms with Gasteiger partial charge in [0.2, 0.25) is 4.91 Å². The average Bonchev–Trinajstić information content (AvgIpc) is 2.23. The van der Waals surface area contributed by atoms with Gasteiger partial charge in [0, 0.05) is 3.92 Å². The van der Waals surface area contributed by atoms with Crippen LogP contribution in [0.1, 0.15) is 23.6 Å². The van der Waals surface area contributed by atoms with Crippen molar-refractivity contribution in [2.24, 2.45) is 5.11 Å². The number of aryl methyl sites for hydroxylation is 1. The maximum Gasteiger partial charge on any atom is 0.214 e. The molecule has 3 nitrogen and oxygen atoms in total. The Morgan fingerprint density at radius 1 is 1.43 bits per heavy atom. The van der Waals surface area contributed by atoms with Gasteiger partial charge in [-0.25, -0.2) is 0 Å². The van der Waals surface area contributed by atoms with Crippen molar-refractivity contribution in [3.8, 4) is 0 Å². The lowest BCUT2D eigenvalue weighted by Gasteiger charge is -2.22. The molecule has 0 amide bonds. The van der Waals surface area contributed by atoms with E-state index in [4.69, 9.17) is 5.53 Å². The molecular formula is C10H11IN3+. The van der Waals surface area contributed by atoms with Crippen molar-refractivity contribution in [3.63, 3.8) is 0 Å². The highest BCUT2D eigenvalue weighted by molar-refractivity contribution is 14.1. The van der Waals surface area contributed by atoms with Gasteiger partial charge in [-0.05, 0) is 24.0 Å². The van der Waals surface area contributed by atoms with Gasteiger partial charge in [0.1, 0.15) is 10.6 Å². The summed E-state index contributed by atoms with van der Waals surface area (Å²) in [5, 5.41) is 3.99. The summed E-state index contributed by atoms with van der Waals surface area (Å²) in [4.78, 5) is 3.18. The monoisotopic (exact) mass is 300 g/mol. The highest BCUT2D eigenvalue weighted by Crippen LogP contribution is 2.36. The molecule has 72 valence electrons. The van der Waals surface area contributed by atoms with Crippen LogP contribution in [0.15, 0.2) is 29.4 Å². The van der Waals surface area contributed by atoms with Crippen molar-refractivity contribution in [3.05, 3.63) is 35.4 Å². The zero-order valence-electron chi connectivity index (χ0n) is 7.65. The predicted molar refractivity (Wildman–Crippen MR) is 62.6 cm³/mol. The van der Waals surface area contributed by atoms with E-state index in [9.17, 15) is 0 Å². The van der Waals surface area contributed by atoms with E-state index >= 15 is 0 Å². The normalized spacial score (nSPS) is 24.9. The molecule has 14 heavy (non-hydrogen) atoms. The van der Waals surface area contributed by atoms with Crippen LogP contribution in [0.25, 0.3) is 0 Å². The van der Waals surface area contributed by atoms with E-state index in [1.165, 1.54) is 11.1 Å². The van der Waals surface area contributed by atoms with E-state index in [0.29, 0.717) is 3.92 Å². The fourth-order valence-corrected chi connectivity index (χ4v) is 2.74. The highest BCUT2D eigenvalue weighted by atomic mass is 127. The van der Waals surface area contributed by atoms with Crippen LogP contribution < -0.4 is 4.91 Å². The predicted octanol–water partition coefficient (Wildman–Crippen LogP) is 3.03. The molecule has 2 atom stereocenters. The number of hydrogen-bond acceptors (Lipinski definition) is 2. The van der Waals surface area contributed by atoms with Crippen molar-refractivity contribution in [2.75, 3.05) is 0 Å². The van der Waals surface area contributed by atoms with Gasteiger partial charge >= 0.3 is 0 Å². The van der Waals surface area contributed by atoms with E-state index in [2.05, 4.69) is 50.8 Å². The van der Waals surface area contributed by atoms with Gasteiger partial charge < -0.3 is 0 Å². The standard InChI is InChI=1S/C10H11IN3/c11-9-6-5-7-3-1-2-4-8(7)10(9)13-14-12/h1-4,9-10,12H,5-6H2/q+1. The van der Waals surface area contributed by atoms with E-state index < -0.39 is 0 Å². The number of nitrogens with one attached hydrogen (secondary N) is 1. The van der Waals surface area contributed by atoms with E-state index in [-0.39, 0.29) is 6.04 Å². The molecule has 1 aliphatic rings. The SMILES string of the molecule is N=[N+]=NC1c2ccccc2CCC1I. The number of hydrogen-bond donors (Lipinski definition) is 1. The first kappa shape index (κ1) is 9.80. The number of halogens is 1. The Morgan fingerprint density at radius 3 is 3.00 bits per heavy atom. The fraction of sp³-hybridized carbons (Fsp3) is 0.400. The molecule has 1 N–H and O–H groups in total. The second kappa shape index (κ2) is 4.19. The maximum atomic E-state index is 6.83. The molecule has 2 unspecified atom stereocenters. The zero-order chi connectivity index (χ0) is 9.97. The molecule has 0 spiro atoms. The summed E-state index contributed by atoms with van der Waals surface area (Å²) in [5.41, 5.74) is 9.43. The molecular weight excluding hydrogens is 289 g/mol. The van der Waals surface area contributed by atoms with Gasteiger partial charge in [-0.15, -0.1) is 0 Å². The summed E-state index contributed by atoms with van der Waals surface area (Å²) in [6.45, 7) is 0. The molecule has 0 saturated carbocycles. The molecule has 1 aromatic carbocycles. The first-order valence-electron chi connectivity index (χ1n) is 4.61. The first-order chi connectivity index (χ1) is 6.83. The number of benzene rings is 1. The van der Waals surface area contributed by atoms with Crippen LogP contribution in [-0.4, -0.2) is 3.92 Å². The molecule has 0 heterocycles. The quantitative estimate of drug-likeness (QED) is 0.359. The van der Waals surface area contributed by atoms with Crippen LogP contribution in [-0.2, 0) is 6.42 Å². The largest absolute Gasteiger partial charge is 0.214 e. The van der Waals surface area contributed by atoms with Crippen LogP contribution in [0, 0.1) is 5.53 Å². The number of alkyl halides is 1. The first-order valence-corrected chi connectivity index (χ1v) is 5.86. The molecule has 4 heteroatoms. The zero-order valence-corrected chi connectivity index (χ0v) is 9.81. The van der Waals surface area contributed by atoms with Gasteiger partial charge in [0.15, 0.2) is 6.04 Å². The smallest absolute Gasteiger partial charge is 0.0796 e. The molecule has 0 radical (unpaired) electrons. The average molecular weight is 300 g/mol. The molecule has 1 aliphatic carbocycles. The van der Waals surface area contributed by atoms with Crippen LogP contribution in [0.4, 0.5) is 0 Å². The summed E-state index contributed by atoms with van der Waals surface area (Å²) in [5.74, 6) is 0. The van der Waals surface area contributed by atoms with E-state index in [1.807, 2.05) is 6.07 Å². The van der Waals surface area contributed by atoms with Gasteiger partial charge in [-0.3, -0.25) is 0 Å². The van der Waals surface area contributed by atoms with E-state index in [1.54, 1.807) is 0 Å². The van der Waals surface area contributed by atoms with Crippen LogP contribution >= 0.6 is 22.6 Å². The van der Waals surface area contributed by atoms with E-state index in [0.717, 1.165) is 12.8 Å². The minimum absolute atomic E-state index is 0.0815. The molecule has 0 aromatic heterocycles. The van der Waals surface area contributed by atoms with Crippen molar-refractivity contribution < 1.29 is 0 Å². The van der Waals surface area contributed by atoms with Gasteiger partial charge in [0.25, 0.3) is 0 Å². The van der Waals surface area contributed by atoms with Crippen molar-refractivity contribution >= 4 is 22.6 Å². The fourth-order valence-electron chi connectivity index (χ4n) is 1.89. The summed E-state index contributed by atoms with van der Waals surface area (Å²) in [6.07, 6.45) is 2.25. The molecule has 1 aromatic rings. The molecule has 0 bridgehead atoms. The Bertz CT molecular complexity index is 385. The molecule has 2 rings (SSSR count). The third kappa shape index (κ3) is 1.72. The third-order valence-electron chi connectivity index (χ3n) is 2.59. The Labute approximate surface area is 96.3 Å². The topological polar surface area (TPSA) is 50.3 Å². The molecule has 0 fully saturated rings. The van der Waals surface area contributed by atoms with Gasteiger partial charge in [0.05, 0.1) is 0 Å². The second-order valence-corrected chi connectivity index (χ2v) is 5.01. The summed E-state index contributed by atoms with van der Waals surface area (Å²) in [7, 11) is 0. The van der Waals surface area contributed by atoms with Crippen molar-refractivity contribution in [1.82, 2.24) is 4.91 Å².